The molecule has 6 atom stereocenters. The summed E-state index contributed by atoms with van der Waals surface area (Å²) in [5, 5.41) is 30.6. The molecular weight excluding hydrogens is 571 g/mol. The van der Waals surface area contributed by atoms with Crippen LogP contribution in [0.4, 0.5) is 16.0 Å². The SMILES string of the molecule is C[C@H](Nc1nc(Cl)nn2c(N[C@@H]3O[C@H](COP(=O)(O)CP(=O)(O)O)[C@@H](O)[C@H]3O)ccc12)c1ccccc1F. The third-order valence-electron chi connectivity index (χ3n) is 5.67. The largest absolute Gasteiger partial charge is 0.387 e. The molecule has 1 aromatic carbocycles. The van der Waals surface area contributed by atoms with Crippen molar-refractivity contribution in [1.29, 1.82) is 0 Å². The summed E-state index contributed by atoms with van der Waals surface area (Å²) in [6.45, 7) is 1.01. The molecule has 7 N–H and O–H groups in total. The van der Waals surface area contributed by atoms with Gasteiger partial charge in [-0.1, -0.05) is 18.2 Å². The van der Waals surface area contributed by atoms with E-state index in [1.165, 1.54) is 10.6 Å². The lowest BCUT2D eigenvalue weighted by molar-refractivity contribution is -0.0110. The first kappa shape index (κ1) is 28.8. The van der Waals surface area contributed by atoms with Crippen LogP contribution in [0.5, 0.6) is 0 Å². The van der Waals surface area contributed by atoms with E-state index in [1.807, 2.05) is 0 Å². The number of aliphatic hydroxyl groups excluding tert-OH is 2. The number of benzene rings is 1. The molecule has 2 aromatic heterocycles. The average Bonchev–Trinajstić information content (AvgIpc) is 3.32. The van der Waals surface area contributed by atoms with Gasteiger partial charge in [-0.25, -0.2) is 8.91 Å². The van der Waals surface area contributed by atoms with Gasteiger partial charge in [-0.05, 0) is 36.7 Å². The average molecular weight is 596 g/mol. The van der Waals surface area contributed by atoms with Crippen molar-refractivity contribution < 1.29 is 47.7 Å². The summed E-state index contributed by atoms with van der Waals surface area (Å²) in [4.78, 5) is 31.6. The molecule has 1 aliphatic heterocycles. The van der Waals surface area contributed by atoms with Crippen LogP contribution < -0.4 is 10.6 Å². The Morgan fingerprint density at radius 2 is 1.89 bits per heavy atom. The van der Waals surface area contributed by atoms with Gasteiger partial charge < -0.3 is 44.8 Å². The molecule has 38 heavy (non-hydrogen) atoms. The molecule has 0 bridgehead atoms. The lowest BCUT2D eigenvalue weighted by Gasteiger charge is -2.19. The normalized spacial score (nSPS) is 24.3. The highest BCUT2D eigenvalue weighted by atomic mass is 35.5. The van der Waals surface area contributed by atoms with Gasteiger partial charge in [-0.2, -0.15) is 4.98 Å². The maximum absolute atomic E-state index is 14.2. The predicted molar refractivity (Wildman–Crippen MR) is 133 cm³/mol. The van der Waals surface area contributed by atoms with Crippen LogP contribution in [0.1, 0.15) is 18.5 Å². The maximum atomic E-state index is 14.2. The van der Waals surface area contributed by atoms with Gasteiger partial charge in [0, 0.05) is 5.56 Å². The number of ether oxygens (including phenoxy) is 1. The van der Waals surface area contributed by atoms with Gasteiger partial charge in [0.2, 0.25) is 5.28 Å². The molecule has 1 fully saturated rings. The van der Waals surface area contributed by atoms with Crippen molar-refractivity contribution in [3.63, 3.8) is 0 Å². The van der Waals surface area contributed by atoms with E-state index in [0.29, 0.717) is 11.1 Å². The Morgan fingerprint density at radius 1 is 1.18 bits per heavy atom. The summed E-state index contributed by atoms with van der Waals surface area (Å²) >= 11 is 6.11. The topological polar surface area (TPSA) is 208 Å². The number of rotatable bonds is 10. The Morgan fingerprint density at radius 3 is 2.58 bits per heavy atom. The summed E-state index contributed by atoms with van der Waals surface area (Å²) in [5.41, 5.74) is 0.842. The predicted octanol–water partition coefficient (Wildman–Crippen LogP) is 1.89. The molecule has 0 radical (unpaired) electrons. The number of hydrogen-bond donors (Lipinski definition) is 7. The molecule has 1 aliphatic rings. The van der Waals surface area contributed by atoms with Crippen molar-refractivity contribution in [2.75, 3.05) is 23.1 Å². The van der Waals surface area contributed by atoms with Crippen molar-refractivity contribution in [2.24, 2.45) is 0 Å². The van der Waals surface area contributed by atoms with Crippen molar-refractivity contribution in [3.8, 4) is 0 Å². The number of anilines is 2. The summed E-state index contributed by atoms with van der Waals surface area (Å²) in [6.07, 6.45) is -5.63. The van der Waals surface area contributed by atoms with E-state index in [-0.39, 0.29) is 16.9 Å². The van der Waals surface area contributed by atoms with Crippen LogP contribution in [-0.2, 0) is 18.4 Å². The maximum Gasteiger partial charge on any atom is 0.340 e. The van der Waals surface area contributed by atoms with E-state index in [1.54, 1.807) is 37.3 Å². The zero-order chi connectivity index (χ0) is 27.8. The van der Waals surface area contributed by atoms with Crippen LogP contribution >= 0.6 is 26.8 Å². The summed E-state index contributed by atoms with van der Waals surface area (Å²) in [7, 11) is -9.53. The van der Waals surface area contributed by atoms with Gasteiger partial charge in [0.15, 0.2) is 17.9 Å². The first-order valence-electron chi connectivity index (χ1n) is 11.1. The minimum absolute atomic E-state index is 0.150. The Kier molecular flexibility index (Phi) is 8.46. The van der Waals surface area contributed by atoms with Gasteiger partial charge in [0.05, 0.1) is 12.6 Å². The van der Waals surface area contributed by atoms with E-state index < -0.39 is 64.1 Å². The monoisotopic (exact) mass is 595 g/mol. The van der Waals surface area contributed by atoms with E-state index in [2.05, 4.69) is 20.7 Å². The lowest BCUT2D eigenvalue weighted by atomic mass is 10.1. The molecule has 3 heterocycles. The van der Waals surface area contributed by atoms with Crippen LogP contribution in [0, 0.1) is 5.82 Å². The molecule has 4 rings (SSSR count). The van der Waals surface area contributed by atoms with Gasteiger partial charge in [0.1, 0.15) is 35.5 Å². The number of fused-ring (bicyclic) bond motifs is 1. The first-order valence-corrected chi connectivity index (χ1v) is 15.0. The number of halogens is 2. The van der Waals surface area contributed by atoms with E-state index in [0.717, 1.165) is 0 Å². The first-order chi connectivity index (χ1) is 17.7. The fourth-order valence-corrected chi connectivity index (χ4v) is 6.64. The molecular formula is C20H25ClFN5O9P2. The minimum Gasteiger partial charge on any atom is -0.387 e. The molecule has 18 heteroatoms. The standard InChI is InChI=1S/C20H25ClFN5O9P2/c1-10(11-4-2-3-5-12(11)22)23-18-13-6-7-15(27(13)26-20(21)25-18)24-19-17(29)16(28)14(36-19)8-35-38(33,34)9-37(30,31)32/h2-7,10,14,16-17,19,24,28-29H,8-9H2,1H3,(H,33,34)(H,23,25,26)(H2,30,31,32)/t10-,14+,16+,17+,19+/m0/s1. The van der Waals surface area contributed by atoms with Gasteiger partial charge >= 0.3 is 15.2 Å². The van der Waals surface area contributed by atoms with Crippen molar-refractivity contribution in [3.05, 3.63) is 53.1 Å². The van der Waals surface area contributed by atoms with Crippen molar-refractivity contribution in [1.82, 2.24) is 14.6 Å². The van der Waals surface area contributed by atoms with Crippen molar-refractivity contribution >= 4 is 43.9 Å². The van der Waals surface area contributed by atoms with E-state index >= 15 is 0 Å². The number of aliphatic hydroxyl groups is 2. The van der Waals surface area contributed by atoms with Gasteiger partial charge in [-0.15, -0.1) is 5.10 Å². The lowest BCUT2D eigenvalue weighted by Crippen LogP contribution is -2.37. The van der Waals surface area contributed by atoms with Crippen LogP contribution in [0.3, 0.4) is 0 Å². The van der Waals surface area contributed by atoms with E-state index in [9.17, 15) is 28.6 Å². The van der Waals surface area contributed by atoms with Crippen LogP contribution in [0.15, 0.2) is 36.4 Å². The second kappa shape index (κ2) is 11.1. The molecule has 1 saturated heterocycles. The second-order valence-corrected chi connectivity index (χ2v) is 12.9. The molecule has 0 aliphatic carbocycles. The summed E-state index contributed by atoms with van der Waals surface area (Å²) in [6, 6.07) is 8.95. The van der Waals surface area contributed by atoms with Crippen molar-refractivity contribution in [2.45, 2.75) is 37.5 Å². The van der Waals surface area contributed by atoms with E-state index in [4.69, 9.17) is 30.6 Å². The summed E-state index contributed by atoms with van der Waals surface area (Å²) in [5.74, 6) is -1.25. The van der Waals surface area contributed by atoms with Gasteiger partial charge in [-0.3, -0.25) is 9.13 Å². The number of nitrogens with one attached hydrogen (secondary N) is 2. The Balaban J connectivity index is 1.49. The second-order valence-electron chi connectivity index (χ2n) is 8.59. The molecule has 3 aromatic rings. The number of aromatic nitrogens is 3. The third-order valence-corrected chi connectivity index (χ3v) is 9.28. The Hall–Kier alpha value is -2.16. The molecule has 0 spiro atoms. The molecule has 208 valence electrons. The third kappa shape index (κ3) is 6.69. The molecule has 1 unspecified atom stereocenters. The van der Waals surface area contributed by atoms with Crippen LogP contribution in [0.2, 0.25) is 5.28 Å². The number of nitrogens with zero attached hydrogens (tertiary/aromatic N) is 3. The zero-order valence-electron chi connectivity index (χ0n) is 19.6. The Bertz CT molecular complexity index is 1410. The van der Waals surface area contributed by atoms with Crippen LogP contribution in [0.25, 0.3) is 5.52 Å². The minimum atomic E-state index is -4.84. The highest BCUT2D eigenvalue weighted by Crippen LogP contribution is 2.55. The molecule has 14 nitrogen and oxygen atoms in total. The fourth-order valence-electron chi connectivity index (χ4n) is 3.91. The fraction of sp³-hybridized carbons (Fsp3) is 0.400. The molecule has 0 amide bonds. The Labute approximate surface area is 220 Å². The quantitative estimate of drug-likeness (QED) is 0.167. The molecule has 0 saturated carbocycles. The summed E-state index contributed by atoms with van der Waals surface area (Å²) < 4.78 is 48.7. The smallest absolute Gasteiger partial charge is 0.340 e. The highest BCUT2D eigenvalue weighted by Gasteiger charge is 2.44. The number of hydrogen-bond acceptors (Lipinski definition) is 10. The van der Waals surface area contributed by atoms with Crippen LogP contribution in [-0.4, -0.2) is 76.5 Å². The van der Waals surface area contributed by atoms with Gasteiger partial charge in [0.25, 0.3) is 0 Å². The highest BCUT2D eigenvalue weighted by molar-refractivity contribution is 7.70. The zero-order valence-corrected chi connectivity index (χ0v) is 22.2.